The molecule has 0 atom stereocenters. The first kappa shape index (κ1) is 14.2. The second-order valence-corrected chi connectivity index (χ2v) is 2.60. The largest absolute Gasteiger partial charge is 1.00 e. The topological polar surface area (TPSA) is 32.3 Å². The van der Waals surface area contributed by atoms with Crippen LogP contribution in [-0.4, -0.2) is 13.2 Å². The van der Waals surface area contributed by atoms with Crippen LogP contribution in [0.5, 0.6) is 0 Å². The molecule has 0 aliphatic rings. The molecule has 0 radical (unpaired) electrons. The molecule has 0 saturated carbocycles. The Bertz CT molecular complexity index is 201. The second-order valence-electron chi connectivity index (χ2n) is 2.60. The van der Waals surface area contributed by atoms with Gasteiger partial charge in [-0.1, -0.05) is 30.3 Å². The summed E-state index contributed by atoms with van der Waals surface area (Å²) >= 11 is 0. The van der Waals surface area contributed by atoms with Crippen molar-refractivity contribution in [3.63, 3.8) is 0 Å². The van der Waals surface area contributed by atoms with Gasteiger partial charge in [-0.05, 0) is 12.0 Å². The second kappa shape index (κ2) is 9.74. The molecular weight excluding hydrogens is 285 g/mol. The molecule has 0 amide bonds. The maximum atomic E-state index is 10.1. The fourth-order valence-electron chi connectivity index (χ4n) is 0.925. The van der Waals surface area contributed by atoms with E-state index in [1.807, 2.05) is 30.3 Å². The summed E-state index contributed by atoms with van der Waals surface area (Å²) in [6.07, 6.45) is 0.604. The smallest absolute Gasteiger partial charge is 0.854 e. The van der Waals surface area contributed by atoms with Gasteiger partial charge in [0, 0.05) is 6.61 Å². The monoisotopic (exact) mass is 298 g/mol. The van der Waals surface area contributed by atoms with E-state index in [-0.39, 0.29) is 75.5 Å². The molecule has 13 heavy (non-hydrogen) atoms. The molecule has 66 valence electrons. The first-order chi connectivity index (χ1) is 5.93. The van der Waals surface area contributed by atoms with Gasteiger partial charge in [0.25, 0.3) is 0 Å². The Morgan fingerprint density at radius 2 is 1.85 bits per heavy atom. The van der Waals surface area contributed by atoms with E-state index in [1.165, 1.54) is 0 Å². The Balaban J connectivity index is 0.00000144. The van der Waals surface area contributed by atoms with Gasteiger partial charge in [0.1, 0.15) is 0 Å². The molecule has 0 unspecified atom stereocenters. The standard InChI is InChI=1S/C10H13O2.Cs/c11-7-4-8-12-9-10-5-2-1-3-6-10;/h1-3,5-6H,4,7-9H2;/q-1;+1. The summed E-state index contributed by atoms with van der Waals surface area (Å²) in [5.74, 6) is 0. The summed E-state index contributed by atoms with van der Waals surface area (Å²) in [5, 5.41) is 10.1. The number of benzene rings is 1. The first-order valence-electron chi connectivity index (χ1n) is 4.13. The van der Waals surface area contributed by atoms with Crippen LogP contribution in [0.15, 0.2) is 30.3 Å². The number of ether oxygens (including phenoxy) is 1. The molecule has 0 aliphatic carbocycles. The molecule has 0 saturated heterocycles. The molecule has 0 N–H and O–H groups in total. The van der Waals surface area contributed by atoms with Crippen LogP contribution in [0.2, 0.25) is 0 Å². The van der Waals surface area contributed by atoms with Crippen LogP contribution in [-0.2, 0) is 11.3 Å². The minimum absolute atomic E-state index is 0. The van der Waals surface area contributed by atoms with E-state index >= 15 is 0 Å². The van der Waals surface area contributed by atoms with Crippen LogP contribution in [0.3, 0.4) is 0 Å². The third-order valence-electron chi connectivity index (χ3n) is 1.54. The van der Waals surface area contributed by atoms with Crippen LogP contribution >= 0.6 is 0 Å². The Hall–Kier alpha value is 1.19. The molecule has 0 bridgehead atoms. The predicted octanol–water partition coefficient (Wildman–Crippen LogP) is -2.04. The molecule has 2 nitrogen and oxygen atoms in total. The van der Waals surface area contributed by atoms with Gasteiger partial charge in [-0.15, -0.1) is 6.61 Å². The quantitative estimate of drug-likeness (QED) is 0.587. The normalized spacial score (nSPS) is 9.31. The van der Waals surface area contributed by atoms with Crippen molar-refractivity contribution in [2.75, 3.05) is 13.2 Å². The Kier molecular flexibility index (Phi) is 10.6. The van der Waals surface area contributed by atoms with E-state index in [9.17, 15) is 5.11 Å². The van der Waals surface area contributed by atoms with Gasteiger partial charge in [-0.3, -0.25) is 0 Å². The summed E-state index contributed by atoms with van der Waals surface area (Å²) in [5.41, 5.74) is 1.16. The van der Waals surface area contributed by atoms with E-state index in [4.69, 9.17) is 4.74 Å². The van der Waals surface area contributed by atoms with Crippen molar-refractivity contribution < 1.29 is 78.7 Å². The molecule has 1 rings (SSSR count). The van der Waals surface area contributed by atoms with Crippen molar-refractivity contribution in [2.45, 2.75) is 13.0 Å². The zero-order chi connectivity index (χ0) is 8.65. The van der Waals surface area contributed by atoms with E-state index < -0.39 is 0 Å². The molecule has 0 spiro atoms. The van der Waals surface area contributed by atoms with Crippen molar-refractivity contribution in [3.8, 4) is 0 Å². The fraction of sp³-hybridized carbons (Fsp3) is 0.400. The van der Waals surface area contributed by atoms with Crippen molar-refractivity contribution in [1.29, 1.82) is 0 Å². The Morgan fingerprint density at radius 3 is 2.46 bits per heavy atom. The van der Waals surface area contributed by atoms with Crippen LogP contribution in [0.25, 0.3) is 0 Å². The zero-order valence-electron chi connectivity index (χ0n) is 8.03. The van der Waals surface area contributed by atoms with E-state index in [2.05, 4.69) is 0 Å². The molecule has 3 heteroatoms. The molecule has 0 aromatic heterocycles. The maximum absolute atomic E-state index is 10.1. The number of hydrogen-bond acceptors (Lipinski definition) is 2. The summed E-state index contributed by atoms with van der Waals surface area (Å²) in [6.45, 7) is 1.13. The van der Waals surface area contributed by atoms with Crippen LogP contribution in [0, 0.1) is 0 Å². The third kappa shape index (κ3) is 7.16. The molecular formula is C10H13CsO2. The van der Waals surface area contributed by atoms with Crippen LogP contribution in [0.1, 0.15) is 12.0 Å². The van der Waals surface area contributed by atoms with Gasteiger partial charge in [0.15, 0.2) is 0 Å². The molecule has 0 fully saturated rings. The van der Waals surface area contributed by atoms with Crippen LogP contribution < -0.4 is 74.0 Å². The van der Waals surface area contributed by atoms with Gasteiger partial charge < -0.3 is 9.84 Å². The third-order valence-corrected chi connectivity index (χ3v) is 1.54. The first-order valence-corrected chi connectivity index (χ1v) is 4.13. The van der Waals surface area contributed by atoms with Crippen LogP contribution in [0.4, 0.5) is 0 Å². The number of hydrogen-bond donors (Lipinski definition) is 0. The van der Waals surface area contributed by atoms with Gasteiger partial charge >= 0.3 is 68.9 Å². The molecule has 0 heterocycles. The molecule has 0 aliphatic heterocycles. The predicted molar refractivity (Wildman–Crippen MR) is 45.6 cm³/mol. The van der Waals surface area contributed by atoms with Crippen molar-refractivity contribution in [2.24, 2.45) is 0 Å². The minimum atomic E-state index is -0.0468. The zero-order valence-corrected chi connectivity index (χ0v) is 14.3. The summed E-state index contributed by atoms with van der Waals surface area (Å²) in [4.78, 5) is 0. The Labute approximate surface area is 138 Å². The minimum Gasteiger partial charge on any atom is -0.854 e. The maximum Gasteiger partial charge on any atom is 1.00 e. The van der Waals surface area contributed by atoms with Gasteiger partial charge in [0.05, 0.1) is 6.61 Å². The van der Waals surface area contributed by atoms with Crippen molar-refractivity contribution in [1.82, 2.24) is 0 Å². The molecule has 1 aromatic carbocycles. The average molecular weight is 298 g/mol. The van der Waals surface area contributed by atoms with E-state index in [0.29, 0.717) is 19.6 Å². The van der Waals surface area contributed by atoms with E-state index in [1.54, 1.807) is 0 Å². The molecule has 1 aromatic rings. The summed E-state index contributed by atoms with van der Waals surface area (Å²) in [6, 6.07) is 9.95. The van der Waals surface area contributed by atoms with Gasteiger partial charge in [-0.25, -0.2) is 0 Å². The van der Waals surface area contributed by atoms with Crippen molar-refractivity contribution >= 4 is 0 Å². The SMILES string of the molecule is [Cs+].[O-]CCCOCc1ccccc1. The van der Waals surface area contributed by atoms with Crippen molar-refractivity contribution in [3.05, 3.63) is 35.9 Å². The number of rotatable bonds is 5. The summed E-state index contributed by atoms with van der Waals surface area (Å²) in [7, 11) is 0. The Morgan fingerprint density at radius 1 is 1.15 bits per heavy atom. The van der Waals surface area contributed by atoms with Gasteiger partial charge in [-0.2, -0.15) is 0 Å². The average Bonchev–Trinajstić information content (AvgIpc) is 2.14. The fourth-order valence-corrected chi connectivity index (χ4v) is 0.925. The van der Waals surface area contributed by atoms with E-state index in [0.717, 1.165) is 5.56 Å². The summed E-state index contributed by atoms with van der Waals surface area (Å²) < 4.78 is 5.26. The van der Waals surface area contributed by atoms with Gasteiger partial charge in [0.2, 0.25) is 0 Å².